The van der Waals surface area contributed by atoms with Gasteiger partial charge in [-0.1, -0.05) is 13.3 Å². The molecule has 2 rings (SSSR count). The number of hydrogen-bond acceptors (Lipinski definition) is 4. The lowest BCUT2D eigenvalue weighted by atomic mass is 9.69. The van der Waals surface area contributed by atoms with Crippen LogP contribution in [0.25, 0.3) is 0 Å². The molecule has 2 bridgehead atoms. The second kappa shape index (κ2) is 6.27. The average molecular weight is 262 g/mol. The van der Waals surface area contributed by atoms with Crippen LogP contribution in [0.2, 0.25) is 0 Å². The smallest absolute Gasteiger partial charge is 0.211 e. The summed E-state index contributed by atoms with van der Waals surface area (Å²) in [5.74, 6) is 2.14. The van der Waals surface area contributed by atoms with Crippen molar-refractivity contribution in [2.45, 2.75) is 45.4 Å². The summed E-state index contributed by atoms with van der Waals surface area (Å²) in [5, 5.41) is 0. The maximum atomic E-state index is 10.3. The quantitative estimate of drug-likeness (QED) is 0.402. The van der Waals surface area contributed by atoms with Crippen molar-refractivity contribution in [2.75, 3.05) is 13.1 Å². The molecule has 0 aromatic rings. The number of hydrogen-bond donors (Lipinski definition) is 0. The number of isocyanates is 2. The molecule has 4 unspecified atom stereocenters. The number of fused-ring (bicyclic) bond motifs is 2. The molecule has 0 amide bonds. The third-order valence-corrected chi connectivity index (χ3v) is 5.45. The van der Waals surface area contributed by atoms with Gasteiger partial charge >= 0.3 is 0 Å². The third-order valence-electron chi connectivity index (χ3n) is 5.45. The maximum absolute atomic E-state index is 10.3. The molecule has 0 heterocycles. The molecule has 2 fully saturated rings. The van der Waals surface area contributed by atoms with E-state index in [1.807, 2.05) is 0 Å². The monoisotopic (exact) mass is 262 g/mol. The Morgan fingerprint density at radius 2 is 2.00 bits per heavy atom. The first-order valence-corrected chi connectivity index (χ1v) is 7.33. The fourth-order valence-electron chi connectivity index (χ4n) is 4.49. The summed E-state index contributed by atoms with van der Waals surface area (Å²) in [6, 6.07) is 0. The van der Waals surface area contributed by atoms with Gasteiger partial charge < -0.3 is 0 Å². The topological polar surface area (TPSA) is 58.9 Å². The first kappa shape index (κ1) is 14.2. The van der Waals surface area contributed by atoms with Gasteiger partial charge in [0.15, 0.2) is 0 Å². The molecule has 2 aliphatic carbocycles. The number of nitrogens with zero attached hydrogens (tertiary/aromatic N) is 2. The number of aliphatic imine (C=N–C) groups is 2. The van der Waals surface area contributed by atoms with Gasteiger partial charge in [-0.25, -0.2) is 19.6 Å². The predicted molar refractivity (Wildman–Crippen MR) is 72.3 cm³/mol. The molecule has 0 saturated heterocycles. The summed E-state index contributed by atoms with van der Waals surface area (Å²) < 4.78 is 0. The standard InChI is InChI=1S/C15H22N2O2/c1-2-15-7-12(4-3-5-16-10-18)13(8-15)6-14(15)9-17-11-19/h12-14H,2-9H2,1H3. The van der Waals surface area contributed by atoms with Gasteiger partial charge in [0, 0.05) is 0 Å². The minimum absolute atomic E-state index is 0.406. The Bertz CT molecular complexity index is 410. The molecule has 0 aromatic carbocycles. The maximum Gasteiger partial charge on any atom is 0.234 e. The number of rotatable bonds is 7. The Hall–Kier alpha value is -1.24. The van der Waals surface area contributed by atoms with Crippen molar-refractivity contribution in [1.29, 1.82) is 0 Å². The van der Waals surface area contributed by atoms with E-state index in [1.165, 1.54) is 32.1 Å². The second-order valence-corrected chi connectivity index (χ2v) is 6.12. The van der Waals surface area contributed by atoms with Crippen LogP contribution in [0.4, 0.5) is 0 Å². The van der Waals surface area contributed by atoms with Crippen molar-refractivity contribution in [3.05, 3.63) is 0 Å². The molecule has 4 atom stereocenters. The van der Waals surface area contributed by atoms with Gasteiger partial charge in [-0.2, -0.15) is 0 Å². The Morgan fingerprint density at radius 1 is 1.21 bits per heavy atom. The van der Waals surface area contributed by atoms with Gasteiger partial charge in [0.05, 0.1) is 13.1 Å². The van der Waals surface area contributed by atoms with Crippen LogP contribution in [0.15, 0.2) is 9.98 Å². The van der Waals surface area contributed by atoms with Gasteiger partial charge in [-0.15, -0.1) is 0 Å². The molecule has 4 nitrogen and oxygen atoms in total. The van der Waals surface area contributed by atoms with Crippen LogP contribution < -0.4 is 0 Å². The molecule has 2 aliphatic rings. The minimum atomic E-state index is 0.406. The zero-order chi connectivity index (χ0) is 13.7. The van der Waals surface area contributed by atoms with Crippen LogP contribution in [0, 0.1) is 23.2 Å². The van der Waals surface area contributed by atoms with E-state index in [-0.39, 0.29) is 0 Å². The van der Waals surface area contributed by atoms with Crippen LogP contribution >= 0.6 is 0 Å². The molecule has 2 saturated carbocycles. The highest BCUT2D eigenvalue weighted by Crippen LogP contribution is 2.62. The summed E-state index contributed by atoms with van der Waals surface area (Å²) in [4.78, 5) is 27.8. The molecule has 4 heteroatoms. The van der Waals surface area contributed by atoms with Gasteiger partial charge in [-0.3, -0.25) is 0 Å². The average Bonchev–Trinajstić information content (AvgIpc) is 2.96. The van der Waals surface area contributed by atoms with Crippen molar-refractivity contribution in [1.82, 2.24) is 0 Å². The van der Waals surface area contributed by atoms with E-state index >= 15 is 0 Å². The van der Waals surface area contributed by atoms with Crippen molar-refractivity contribution >= 4 is 12.2 Å². The summed E-state index contributed by atoms with van der Waals surface area (Å²) in [6.07, 6.45) is 10.4. The van der Waals surface area contributed by atoms with Gasteiger partial charge in [0.1, 0.15) is 0 Å². The van der Waals surface area contributed by atoms with Gasteiger partial charge in [0.2, 0.25) is 12.2 Å². The Labute approximate surface area is 114 Å². The molecule has 104 valence electrons. The number of carbonyl (C=O) groups excluding carboxylic acids is 2. The second-order valence-electron chi connectivity index (χ2n) is 6.12. The first-order valence-electron chi connectivity index (χ1n) is 7.33. The van der Waals surface area contributed by atoms with Crippen LogP contribution in [0.5, 0.6) is 0 Å². The highest BCUT2D eigenvalue weighted by atomic mass is 16.1. The Morgan fingerprint density at radius 3 is 2.68 bits per heavy atom. The van der Waals surface area contributed by atoms with Crippen LogP contribution in [0.3, 0.4) is 0 Å². The fraction of sp³-hybridized carbons (Fsp3) is 0.867. The van der Waals surface area contributed by atoms with Crippen LogP contribution in [-0.4, -0.2) is 25.2 Å². The minimum Gasteiger partial charge on any atom is -0.211 e. The summed E-state index contributed by atoms with van der Waals surface area (Å²) in [5.41, 5.74) is 0.406. The largest absolute Gasteiger partial charge is 0.234 e. The lowest BCUT2D eigenvalue weighted by Crippen LogP contribution is -2.29. The van der Waals surface area contributed by atoms with Crippen molar-refractivity contribution in [3.8, 4) is 0 Å². The van der Waals surface area contributed by atoms with Crippen LogP contribution in [-0.2, 0) is 9.59 Å². The van der Waals surface area contributed by atoms with Gasteiger partial charge in [-0.05, 0) is 55.3 Å². The fourth-order valence-corrected chi connectivity index (χ4v) is 4.49. The van der Waals surface area contributed by atoms with Crippen LogP contribution in [0.1, 0.15) is 45.4 Å². The molecular weight excluding hydrogens is 240 g/mol. The predicted octanol–water partition coefficient (Wildman–Crippen LogP) is 2.88. The van der Waals surface area contributed by atoms with Gasteiger partial charge in [0.25, 0.3) is 0 Å². The molecule has 0 radical (unpaired) electrons. The summed E-state index contributed by atoms with van der Waals surface area (Å²) >= 11 is 0. The summed E-state index contributed by atoms with van der Waals surface area (Å²) in [7, 11) is 0. The highest BCUT2D eigenvalue weighted by Gasteiger charge is 2.54. The van der Waals surface area contributed by atoms with E-state index in [0.29, 0.717) is 24.4 Å². The van der Waals surface area contributed by atoms with Crippen molar-refractivity contribution < 1.29 is 9.59 Å². The van der Waals surface area contributed by atoms with E-state index in [9.17, 15) is 9.59 Å². The normalized spacial score (nSPS) is 35.7. The van der Waals surface area contributed by atoms with E-state index in [2.05, 4.69) is 16.9 Å². The Kier molecular flexibility index (Phi) is 4.68. The lowest BCUT2D eigenvalue weighted by Gasteiger charge is -2.36. The molecule has 0 spiro atoms. The van der Waals surface area contributed by atoms with E-state index in [4.69, 9.17) is 0 Å². The molecule has 0 aliphatic heterocycles. The molecule has 19 heavy (non-hydrogen) atoms. The summed E-state index contributed by atoms with van der Waals surface area (Å²) in [6.45, 7) is 3.54. The lowest BCUT2D eigenvalue weighted by molar-refractivity contribution is 0.146. The first-order chi connectivity index (χ1) is 9.25. The highest BCUT2D eigenvalue weighted by molar-refractivity contribution is 5.33. The Balaban J connectivity index is 1.91. The zero-order valence-electron chi connectivity index (χ0n) is 11.6. The SMILES string of the molecule is CCC12CC(CCCN=C=O)C(CC1CN=C=O)C2. The molecule has 0 aromatic heterocycles. The molecule has 0 N–H and O–H groups in total. The molecular formula is C15H22N2O2. The van der Waals surface area contributed by atoms with Crippen molar-refractivity contribution in [3.63, 3.8) is 0 Å². The third kappa shape index (κ3) is 2.86. The van der Waals surface area contributed by atoms with Crippen molar-refractivity contribution in [2.24, 2.45) is 33.2 Å². The van der Waals surface area contributed by atoms with E-state index in [0.717, 1.165) is 18.3 Å². The van der Waals surface area contributed by atoms with E-state index in [1.54, 1.807) is 12.2 Å². The zero-order valence-corrected chi connectivity index (χ0v) is 11.6. The van der Waals surface area contributed by atoms with E-state index < -0.39 is 0 Å².